The quantitative estimate of drug-likeness (QED) is 0.848. The molecule has 0 saturated carbocycles. The topological polar surface area (TPSA) is 29.3 Å². The molecule has 0 amide bonds. The summed E-state index contributed by atoms with van der Waals surface area (Å²) in [5, 5.41) is 2.19. The van der Waals surface area contributed by atoms with Gasteiger partial charge in [0.2, 0.25) is 0 Å². The van der Waals surface area contributed by atoms with Gasteiger partial charge in [-0.1, -0.05) is 18.2 Å². The number of rotatable bonds is 5. The third kappa shape index (κ3) is 3.83. The molecule has 2 rings (SSSR count). The van der Waals surface area contributed by atoms with E-state index < -0.39 is 0 Å². The van der Waals surface area contributed by atoms with E-state index >= 15 is 0 Å². The number of hydrogen-bond donors (Lipinski definition) is 1. The third-order valence-corrected chi connectivity index (χ3v) is 4.45. The third-order valence-electron chi connectivity index (χ3n) is 2.89. The summed E-state index contributed by atoms with van der Waals surface area (Å²) in [5.41, 5.74) is 9.42. The van der Waals surface area contributed by atoms with Crippen molar-refractivity contribution in [2.24, 2.45) is 0 Å². The monoisotopic (exact) mass is 324 g/mol. The lowest BCUT2D eigenvalue weighted by molar-refractivity contribution is 0.332. The summed E-state index contributed by atoms with van der Waals surface area (Å²) in [6.45, 7) is 2.00. The lowest BCUT2D eigenvalue weighted by Crippen LogP contribution is -2.20. The van der Waals surface area contributed by atoms with Crippen molar-refractivity contribution < 1.29 is 0 Å². The van der Waals surface area contributed by atoms with E-state index in [1.165, 1.54) is 14.9 Å². The number of likely N-dealkylation sites (N-methyl/N-ethyl adjacent to an activating group) is 1. The largest absolute Gasteiger partial charge is 0.399 e. The molecule has 0 aliphatic rings. The minimum atomic E-state index is 0.893. The first-order valence-electron chi connectivity index (χ1n) is 5.90. The van der Waals surface area contributed by atoms with Gasteiger partial charge in [0.1, 0.15) is 0 Å². The Kier molecular flexibility index (Phi) is 4.80. The molecule has 1 aromatic heterocycles. The standard InChI is InChI=1S/C14H17BrN2S/c1-17(9-11-8-14(15)18-10-11)7-6-12-4-2-3-5-13(12)16/h2-5,8,10H,6-7,9,16H2,1H3. The van der Waals surface area contributed by atoms with E-state index in [0.717, 1.165) is 25.2 Å². The lowest BCUT2D eigenvalue weighted by Gasteiger charge is -2.16. The molecule has 0 aliphatic carbocycles. The molecular formula is C14H17BrN2S. The normalized spacial score (nSPS) is 11.1. The number of nitrogen functional groups attached to an aromatic ring is 1. The summed E-state index contributed by atoms with van der Waals surface area (Å²) in [6.07, 6.45) is 0.995. The van der Waals surface area contributed by atoms with E-state index in [1.54, 1.807) is 11.3 Å². The molecule has 2 nitrogen and oxygen atoms in total. The number of halogens is 1. The van der Waals surface area contributed by atoms with Crippen molar-refractivity contribution in [3.05, 3.63) is 50.6 Å². The Morgan fingerprint density at radius 2 is 2.11 bits per heavy atom. The van der Waals surface area contributed by atoms with Crippen LogP contribution < -0.4 is 5.73 Å². The van der Waals surface area contributed by atoms with Gasteiger partial charge in [-0.15, -0.1) is 11.3 Å². The summed E-state index contributed by atoms with van der Waals surface area (Å²) < 4.78 is 1.19. The van der Waals surface area contributed by atoms with Crippen LogP contribution in [0.3, 0.4) is 0 Å². The van der Waals surface area contributed by atoms with E-state index in [4.69, 9.17) is 5.73 Å². The molecule has 1 aromatic carbocycles. The van der Waals surface area contributed by atoms with Crippen LogP contribution in [0.2, 0.25) is 0 Å². The molecule has 0 atom stereocenters. The predicted molar refractivity (Wildman–Crippen MR) is 82.9 cm³/mol. The number of nitrogens with two attached hydrogens (primary N) is 1. The number of nitrogens with zero attached hydrogens (tertiary/aromatic N) is 1. The Balaban J connectivity index is 1.85. The summed E-state index contributed by atoms with van der Waals surface area (Å²) in [4.78, 5) is 2.32. The maximum Gasteiger partial charge on any atom is 0.0701 e. The summed E-state index contributed by atoms with van der Waals surface area (Å²) in [7, 11) is 2.14. The number of hydrogen-bond acceptors (Lipinski definition) is 3. The fraction of sp³-hybridized carbons (Fsp3) is 0.286. The molecule has 4 heteroatoms. The summed E-state index contributed by atoms with van der Waals surface area (Å²) >= 11 is 5.22. The average Bonchev–Trinajstić information content (AvgIpc) is 2.74. The fourth-order valence-electron chi connectivity index (χ4n) is 1.89. The van der Waals surface area contributed by atoms with Gasteiger partial charge in [-0.2, -0.15) is 0 Å². The van der Waals surface area contributed by atoms with Crippen molar-refractivity contribution in [2.75, 3.05) is 19.3 Å². The summed E-state index contributed by atoms with van der Waals surface area (Å²) in [5.74, 6) is 0. The SMILES string of the molecule is CN(CCc1ccccc1N)Cc1csc(Br)c1. The second kappa shape index (κ2) is 6.36. The van der Waals surface area contributed by atoms with Crippen molar-refractivity contribution >= 4 is 33.0 Å². The van der Waals surface area contributed by atoms with Crippen LogP contribution >= 0.6 is 27.3 Å². The van der Waals surface area contributed by atoms with Crippen molar-refractivity contribution in [1.82, 2.24) is 4.90 Å². The molecule has 0 fully saturated rings. The first-order valence-corrected chi connectivity index (χ1v) is 7.57. The maximum atomic E-state index is 5.94. The first-order chi connectivity index (χ1) is 8.65. The highest BCUT2D eigenvalue weighted by Crippen LogP contribution is 2.21. The molecule has 2 aromatic rings. The Labute approximate surface area is 121 Å². The molecule has 0 unspecified atom stereocenters. The Bertz CT molecular complexity index is 510. The van der Waals surface area contributed by atoms with Crippen LogP contribution in [0.15, 0.2) is 39.5 Å². The number of benzene rings is 1. The molecule has 1 heterocycles. The molecule has 2 N–H and O–H groups in total. The van der Waals surface area contributed by atoms with Gasteiger partial charge in [0, 0.05) is 18.8 Å². The zero-order valence-corrected chi connectivity index (χ0v) is 12.8. The Morgan fingerprint density at radius 3 is 2.78 bits per heavy atom. The van der Waals surface area contributed by atoms with Crippen molar-refractivity contribution in [3.8, 4) is 0 Å². The second-order valence-corrected chi connectivity index (χ2v) is 6.74. The van der Waals surface area contributed by atoms with Gasteiger partial charge in [-0.05, 0) is 58.0 Å². The molecule has 0 spiro atoms. The maximum absolute atomic E-state index is 5.94. The lowest BCUT2D eigenvalue weighted by atomic mass is 10.1. The van der Waals surface area contributed by atoms with E-state index in [0.29, 0.717) is 0 Å². The van der Waals surface area contributed by atoms with Gasteiger partial charge in [0.05, 0.1) is 3.79 Å². The first kappa shape index (κ1) is 13.6. The number of para-hydroxylation sites is 1. The van der Waals surface area contributed by atoms with E-state index in [2.05, 4.69) is 45.4 Å². The van der Waals surface area contributed by atoms with Crippen LogP contribution in [0, 0.1) is 0 Å². The van der Waals surface area contributed by atoms with Gasteiger partial charge >= 0.3 is 0 Å². The van der Waals surface area contributed by atoms with Gasteiger partial charge in [-0.25, -0.2) is 0 Å². The number of thiophene rings is 1. The Morgan fingerprint density at radius 1 is 1.33 bits per heavy atom. The predicted octanol–water partition coefficient (Wildman–Crippen LogP) is 3.77. The molecule has 0 saturated heterocycles. The van der Waals surface area contributed by atoms with Crippen molar-refractivity contribution in [3.63, 3.8) is 0 Å². The molecule has 0 aliphatic heterocycles. The van der Waals surface area contributed by atoms with Crippen LogP contribution in [0.5, 0.6) is 0 Å². The smallest absolute Gasteiger partial charge is 0.0701 e. The summed E-state index contributed by atoms with van der Waals surface area (Å²) in [6, 6.07) is 10.3. The second-order valence-electron chi connectivity index (χ2n) is 4.45. The molecular weight excluding hydrogens is 308 g/mol. The highest BCUT2D eigenvalue weighted by molar-refractivity contribution is 9.11. The van der Waals surface area contributed by atoms with Crippen LogP contribution in [-0.2, 0) is 13.0 Å². The zero-order chi connectivity index (χ0) is 13.0. The average molecular weight is 325 g/mol. The molecule has 18 heavy (non-hydrogen) atoms. The molecule has 0 bridgehead atoms. The van der Waals surface area contributed by atoms with Gasteiger partial charge in [0.15, 0.2) is 0 Å². The van der Waals surface area contributed by atoms with E-state index in [9.17, 15) is 0 Å². The van der Waals surface area contributed by atoms with Gasteiger partial charge in [0.25, 0.3) is 0 Å². The zero-order valence-electron chi connectivity index (χ0n) is 10.4. The Hall–Kier alpha value is -0.840. The molecule has 0 radical (unpaired) electrons. The van der Waals surface area contributed by atoms with E-state index in [1.807, 2.05) is 18.2 Å². The van der Waals surface area contributed by atoms with Crippen LogP contribution in [-0.4, -0.2) is 18.5 Å². The van der Waals surface area contributed by atoms with Gasteiger partial charge in [-0.3, -0.25) is 0 Å². The van der Waals surface area contributed by atoms with Crippen LogP contribution in [0.1, 0.15) is 11.1 Å². The van der Waals surface area contributed by atoms with Crippen molar-refractivity contribution in [2.45, 2.75) is 13.0 Å². The van der Waals surface area contributed by atoms with Crippen molar-refractivity contribution in [1.29, 1.82) is 0 Å². The molecule has 96 valence electrons. The van der Waals surface area contributed by atoms with Gasteiger partial charge < -0.3 is 10.6 Å². The highest BCUT2D eigenvalue weighted by Gasteiger charge is 2.04. The minimum Gasteiger partial charge on any atom is -0.399 e. The number of anilines is 1. The fourth-order valence-corrected chi connectivity index (χ4v) is 3.09. The van der Waals surface area contributed by atoms with Crippen LogP contribution in [0.4, 0.5) is 5.69 Å². The minimum absolute atomic E-state index is 0.893. The highest BCUT2D eigenvalue weighted by atomic mass is 79.9. The van der Waals surface area contributed by atoms with E-state index in [-0.39, 0.29) is 0 Å². The van der Waals surface area contributed by atoms with Crippen LogP contribution in [0.25, 0.3) is 0 Å².